The molecule has 0 spiro atoms. The Morgan fingerprint density at radius 3 is 2.42 bits per heavy atom. The van der Waals surface area contributed by atoms with Crippen LogP contribution in [0.5, 0.6) is 5.75 Å². The van der Waals surface area contributed by atoms with E-state index in [1.54, 1.807) is 30.1 Å². The number of ether oxygens (including phenoxy) is 1. The fourth-order valence-corrected chi connectivity index (χ4v) is 3.42. The van der Waals surface area contributed by atoms with Crippen LogP contribution in [0.1, 0.15) is 0 Å². The number of hydrogen-bond donors (Lipinski definition) is 1. The van der Waals surface area contributed by atoms with Gasteiger partial charge in [-0.3, -0.25) is 0 Å². The Kier molecular flexibility index (Phi) is 4.14. The normalized spacial score (nSPS) is 10.8. The molecule has 0 aliphatic heterocycles. The summed E-state index contributed by atoms with van der Waals surface area (Å²) in [5.74, 6) is 0.973. The molecule has 5 nitrogen and oxygen atoms in total. The molecular weight excluding hydrogens is 351 g/mol. The summed E-state index contributed by atoms with van der Waals surface area (Å²) in [7, 11) is 1.63. The third-order valence-corrected chi connectivity index (χ3v) is 4.84. The lowest BCUT2D eigenvalue weighted by atomic mass is 10.1. The van der Waals surface area contributed by atoms with E-state index in [0.29, 0.717) is 10.9 Å². The van der Waals surface area contributed by atoms with Gasteiger partial charge in [-0.25, -0.2) is 9.37 Å². The Morgan fingerprint density at radius 1 is 1.04 bits per heavy atom. The molecule has 0 atom stereocenters. The number of anilines is 1. The average molecular weight is 366 g/mol. The highest BCUT2D eigenvalue weighted by molar-refractivity contribution is 7.12. The Balaban J connectivity index is 1.66. The van der Waals surface area contributed by atoms with E-state index in [1.807, 2.05) is 29.6 Å². The second-order valence-electron chi connectivity index (χ2n) is 5.61. The van der Waals surface area contributed by atoms with Gasteiger partial charge in [0.1, 0.15) is 17.4 Å². The Bertz CT molecular complexity index is 1040. The molecule has 0 saturated carbocycles. The minimum Gasteiger partial charge on any atom is -0.497 e. The predicted molar refractivity (Wildman–Crippen MR) is 101 cm³/mol. The summed E-state index contributed by atoms with van der Waals surface area (Å²) in [5, 5.41) is 6.97. The summed E-state index contributed by atoms with van der Waals surface area (Å²) in [6.45, 7) is 0. The van der Waals surface area contributed by atoms with E-state index in [9.17, 15) is 4.39 Å². The summed E-state index contributed by atoms with van der Waals surface area (Å²) in [6, 6.07) is 13.8. The molecule has 26 heavy (non-hydrogen) atoms. The van der Waals surface area contributed by atoms with Crippen LogP contribution >= 0.6 is 11.3 Å². The van der Waals surface area contributed by atoms with Crippen molar-refractivity contribution in [3.8, 4) is 33.3 Å². The van der Waals surface area contributed by atoms with E-state index in [1.165, 1.54) is 23.5 Å². The second-order valence-corrected chi connectivity index (χ2v) is 6.44. The van der Waals surface area contributed by atoms with Gasteiger partial charge >= 0.3 is 0 Å². The average Bonchev–Trinajstić information content (AvgIpc) is 3.29. The first-order valence-electron chi connectivity index (χ1n) is 7.85. The van der Waals surface area contributed by atoms with Gasteiger partial charge in [0, 0.05) is 16.5 Å². The van der Waals surface area contributed by atoms with Crippen molar-refractivity contribution in [2.24, 2.45) is 0 Å². The van der Waals surface area contributed by atoms with E-state index in [2.05, 4.69) is 10.1 Å². The van der Waals surface area contributed by atoms with Crippen LogP contribution in [0.3, 0.4) is 0 Å². The topological polar surface area (TPSA) is 66.0 Å². The quantitative estimate of drug-likeness (QED) is 0.582. The smallest absolute Gasteiger partial charge is 0.212 e. The van der Waals surface area contributed by atoms with Crippen molar-refractivity contribution in [2.45, 2.75) is 0 Å². The van der Waals surface area contributed by atoms with Crippen molar-refractivity contribution in [3.63, 3.8) is 0 Å². The summed E-state index contributed by atoms with van der Waals surface area (Å²) < 4.78 is 19.9. The van der Waals surface area contributed by atoms with Gasteiger partial charge in [-0.1, -0.05) is 12.1 Å². The molecule has 0 unspecified atom stereocenters. The van der Waals surface area contributed by atoms with Crippen LogP contribution in [0.25, 0.3) is 27.5 Å². The molecule has 130 valence electrons. The molecule has 4 rings (SSSR count). The van der Waals surface area contributed by atoms with Gasteiger partial charge in [0.2, 0.25) is 5.13 Å². The van der Waals surface area contributed by atoms with E-state index in [4.69, 9.17) is 10.5 Å². The van der Waals surface area contributed by atoms with Crippen molar-refractivity contribution in [3.05, 3.63) is 65.9 Å². The maximum absolute atomic E-state index is 13.1. The first-order valence-corrected chi connectivity index (χ1v) is 8.73. The fourth-order valence-electron chi connectivity index (χ4n) is 2.62. The fraction of sp³-hybridized carbons (Fsp3) is 0.0526. The predicted octanol–water partition coefficient (Wildman–Crippen LogP) is 4.39. The SMILES string of the molecule is COc1ccc(-c2csc(-n3ncc(-c4ccc(F)cc4)c3N)n2)cc1. The van der Waals surface area contributed by atoms with Gasteiger partial charge in [-0.15, -0.1) is 11.3 Å². The minimum absolute atomic E-state index is 0.288. The monoisotopic (exact) mass is 366 g/mol. The molecule has 0 aliphatic rings. The molecule has 2 aromatic carbocycles. The number of nitrogens with two attached hydrogens (primary N) is 1. The number of hydrogen-bond acceptors (Lipinski definition) is 5. The zero-order chi connectivity index (χ0) is 18.1. The standard InChI is InChI=1S/C19H15FN4OS/c1-25-15-8-4-13(5-9-15)17-11-26-19(23-17)24-18(21)16(10-22-24)12-2-6-14(20)7-3-12/h2-11H,21H2,1H3. The Hall–Kier alpha value is -3.19. The van der Waals surface area contributed by atoms with Crippen LogP contribution in [0.4, 0.5) is 10.2 Å². The van der Waals surface area contributed by atoms with E-state index < -0.39 is 0 Å². The van der Waals surface area contributed by atoms with Crippen LogP contribution in [0.2, 0.25) is 0 Å². The minimum atomic E-state index is -0.288. The van der Waals surface area contributed by atoms with Crippen LogP contribution in [0, 0.1) is 5.82 Å². The third-order valence-electron chi connectivity index (χ3n) is 4.02. The van der Waals surface area contributed by atoms with E-state index in [-0.39, 0.29) is 5.82 Å². The van der Waals surface area contributed by atoms with Crippen LogP contribution in [0.15, 0.2) is 60.1 Å². The summed E-state index contributed by atoms with van der Waals surface area (Å²) >= 11 is 1.45. The molecule has 0 aliphatic carbocycles. The number of halogens is 1. The second kappa shape index (κ2) is 6.61. The molecule has 0 saturated heterocycles. The van der Waals surface area contributed by atoms with Gasteiger partial charge in [-0.2, -0.15) is 9.78 Å². The van der Waals surface area contributed by atoms with Crippen molar-refractivity contribution in [1.82, 2.24) is 14.8 Å². The number of nitrogens with zero attached hydrogens (tertiary/aromatic N) is 3. The number of thiazole rings is 1. The lowest BCUT2D eigenvalue weighted by molar-refractivity contribution is 0.415. The molecular formula is C19H15FN4OS. The van der Waals surface area contributed by atoms with Crippen LogP contribution in [-0.2, 0) is 0 Å². The largest absolute Gasteiger partial charge is 0.497 e. The van der Waals surface area contributed by atoms with Crippen molar-refractivity contribution in [1.29, 1.82) is 0 Å². The third kappa shape index (κ3) is 2.93. The van der Waals surface area contributed by atoms with E-state index >= 15 is 0 Å². The highest BCUT2D eigenvalue weighted by Crippen LogP contribution is 2.31. The van der Waals surface area contributed by atoms with Gasteiger partial charge in [0.05, 0.1) is 19.0 Å². The summed E-state index contributed by atoms with van der Waals surface area (Å²) in [5.41, 5.74) is 9.62. The highest BCUT2D eigenvalue weighted by Gasteiger charge is 2.14. The lowest BCUT2D eigenvalue weighted by Gasteiger charge is -2.03. The van der Waals surface area contributed by atoms with Gasteiger partial charge in [0.25, 0.3) is 0 Å². The van der Waals surface area contributed by atoms with E-state index in [0.717, 1.165) is 28.1 Å². The summed E-state index contributed by atoms with van der Waals surface area (Å²) in [6.07, 6.45) is 1.66. The maximum atomic E-state index is 13.1. The van der Waals surface area contributed by atoms with Crippen molar-refractivity contribution in [2.75, 3.05) is 12.8 Å². The molecule has 0 amide bonds. The van der Waals surface area contributed by atoms with Gasteiger partial charge in [0.15, 0.2) is 0 Å². The van der Waals surface area contributed by atoms with Crippen molar-refractivity contribution < 1.29 is 9.13 Å². The molecule has 4 aromatic rings. The van der Waals surface area contributed by atoms with Crippen molar-refractivity contribution >= 4 is 17.2 Å². The van der Waals surface area contributed by atoms with Gasteiger partial charge < -0.3 is 10.5 Å². The lowest BCUT2D eigenvalue weighted by Crippen LogP contribution is -2.01. The number of benzene rings is 2. The summed E-state index contributed by atoms with van der Waals surface area (Å²) in [4.78, 5) is 4.63. The Labute approximate surface area is 153 Å². The van der Waals surface area contributed by atoms with Gasteiger partial charge in [-0.05, 0) is 42.0 Å². The molecule has 7 heteroatoms. The first-order chi connectivity index (χ1) is 12.7. The molecule has 0 fully saturated rings. The number of methoxy groups -OCH3 is 1. The first kappa shape index (κ1) is 16.3. The van der Waals surface area contributed by atoms with Crippen LogP contribution < -0.4 is 10.5 Å². The Morgan fingerprint density at radius 2 is 1.73 bits per heavy atom. The zero-order valence-electron chi connectivity index (χ0n) is 13.9. The zero-order valence-corrected chi connectivity index (χ0v) is 14.7. The number of nitrogen functional groups attached to an aromatic ring is 1. The van der Waals surface area contributed by atoms with Crippen LogP contribution in [-0.4, -0.2) is 21.9 Å². The number of aromatic nitrogens is 3. The number of rotatable bonds is 4. The molecule has 0 bridgehead atoms. The molecule has 0 radical (unpaired) electrons. The molecule has 2 N–H and O–H groups in total. The highest BCUT2D eigenvalue weighted by atomic mass is 32.1. The molecule has 2 heterocycles. The maximum Gasteiger partial charge on any atom is 0.212 e. The molecule has 2 aromatic heterocycles.